The smallest absolute Gasteiger partial charge is 0.290 e. The number of amides is 3. The minimum atomic E-state index is -0.718. The molecule has 0 bridgehead atoms. The van der Waals surface area contributed by atoms with Gasteiger partial charge in [-0.1, -0.05) is 36.4 Å². The van der Waals surface area contributed by atoms with Crippen molar-refractivity contribution in [2.45, 2.75) is 0 Å². The van der Waals surface area contributed by atoms with Gasteiger partial charge in [0, 0.05) is 5.39 Å². The van der Waals surface area contributed by atoms with Crippen molar-refractivity contribution < 1.29 is 19.1 Å². The monoisotopic (exact) mass is 395 g/mol. The second kappa shape index (κ2) is 9.13. The molecular formula is C19H17N5O5. The van der Waals surface area contributed by atoms with Crippen LogP contribution in [0.25, 0.3) is 10.8 Å². The van der Waals surface area contributed by atoms with E-state index in [1.807, 2.05) is 6.07 Å². The molecular weight excluding hydrogens is 378 g/mol. The Hall–Kier alpha value is -4.21. The molecule has 0 unspecified atom stereocenters. The lowest BCUT2D eigenvalue weighted by Gasteiger charge is -2.09. The second-order valence-electron chi connectivity index (χ2n) is 5.83. The summed E-state index contributed by atoms with van der Waals surface area (Å²) in [4.78, 5) is 47.5. The molecule has 0 fully saturated rings. The molecule has 0 radical (unpaired) electrons. The van der Waals surface area contributed by atoms with Crippen molar-refractivity contribution in [1.82, 2.24) is 26.4 Å². The van der Waals surface area contributed by atoms with Crippen molar-refractivity contribution in [2.75, 3.05) is 13.2 Å². The molecule has 0 saturated heterocycles. The first-order valence-corrected chi connectivity index (χ1v) is 8.56. The number of carbonyl (C=O) groups excluding carboxylic acids is 3. The van der Waals surface area contributed by atoms with Gasteiger partial charge in [0.1, 0.15) is 5.75 Å². The molecule has 4 N–H and O–H groups in total. The van der Waals surface area contributed by atoms with E-state index in [9.17, 15) is 19.2 Å². The van der Waals surface area contributed by atoms with Gasteiger partial charge in [-0.2, -0.15) is 5.10 Å². The molecule has 0 saturated carbocycles. The van der Waals surface area contributed by atoms with E-state index in [-0.39, 0.29) is 18.8 Å². The maximum atomic E-state index is 12.3. The van der Waals surface area contributed by atoms with Crippen LogP contribution in [0.15, 0.2) is 59.4 Å². The number of aromatic nitrogens is 2. The van der Waals surface area contributed by atoms with Gasteiger partial charge >= 0.3 is 0 Å². The molecule has 0 aliphatic rings. The first-order valence-electron chi connectivity index (χ1n) is 8.56. The summed E-state index contributed by atoms with van der Waals surface area (Å²) in [5.41, 5.74) is 3.87. The molecule has 3 amide bonds. The number of hydrogen-bond acceptors (Lipinski definition) is 6. The van der Waals surface area contributed by atoms with Crippen molar-refractivity contribution in [1.29, 1.82) is 0 Å². The minimum Gasteiger partial charge on any atom is -0.484 e. The van der Waals surface area contributed by atoms with Crippen LogP contribution in [-0.4, -0.2) is 41.1 Å². The lowest BCUT2D eigenvalue weighted by Crippen LogP contribution is -2.47. The number of ether oxygens (including phenoxy) is 1. The number of hydrogen-bond donors (Lipinski definition) is 4. The van der Waals surface area contributed by atoms with E-state index in [4.69, 9.17) is 4.74 Å². The Balaban J connectivity index is 1.47. The average Bonchev–Trinajstić information content (AvgIpc) is 2.75. The number of rotatable bonds is 6. The minimum absolute atomic E-state index is 0.0548. The van der Waals surface area contributed by atoms with Crippen molar-refractivity contribution in [3.05, 3.63) is 70.6 Å². The highest BCUT2D eigenvalue weighted by Gasteiger charge is 2.15. The fraction of sp³-hybridized carbons (Fsp3) is 0.105. The normalized spacial score (nSPS) is 10.2. The molecule has 10 nitrogen and oxygen atoms in total. The highest BCUT2D eigenvalue weighted by Crippen LogP contribution is 2.11. The Bertz CT molecular complexity index is 1100. The van der Waals surface area contributed by atoms with Crippen LogP contribution in [-0.2, 0) is 9.59 Å². The molecule has 0 atom stereocenters. The Labute approximate surface area is 164 Å². The lowest BCUT2D eigenvalue weighted by atomic mass is 10.1. The number of fused-ring (bicyclic) bond motifs is 1. The van der Waals surface area contributed by atoms with Crippen LogP contribution in [0.4, 0.5) is 0 Å². The Morgan fingerprint density at radius 2 is 1.59 bits per heavy atom. The Kier molecular flexibility index (Phi) is 6.15. The molecule has 1 heterocycles. The summed E-state index contributed by atoms with van der Waals surface area (Å²) in [5.74, 6) is -1.34. The molecule has 1 aromatic heterocycles. The number of benzene rings is 2. The summed E-state index contributed by atoms with van der Waals surface area (Å²) in [6.07, 6.45) is 0. The van der Waals surface area contributed by atoms with E-state index in [0.29, 0.717) is 16.5 Å². The van der Waals surface area contributed by atoms with E-state index in [0.717, 1.165) is 0 Å². The average molecular weight is 395 g/mol. The molecule has 0 aliphatic carbocycles. The van der Waals surface area contributed by atoms with Gasteiger partial charge in [0.2, 0.25) is 0 Å². The SMILES string of the molecule is O=C(COc1ccccc1)NCC(=O)NNC(=O)c1n[nH]c(=O)c2ccccc12. The fourth-order valence-electron chi connectivity index (χ4n) is 2.41. The topological polar surface area (TPSA) is 142 Å². The van der Waals surface area contributed by atoms with Gasteiger partial charge in [0.25, 0.3) is 23.3 Å². The predicted octanol–water partition coefficient (Wildman–Crippen LogP) is -0.121. The van der Waals surface area contributed by atoms with E-state index in [2.05, 4.69) is 26.4 Å². The van der Waals surface area contributed by atoms with Crippen molar-refractivity contribution in [3.63, 3.8) is 0 Å². The van der Waals surface area contributed by atoms with Crippen LogP contribution in [0.1, 0.15) is 10.5 Å². The molecule has 0 spiro atoms. The maximum Gasteiger partial charge on any atom is 0.290 e. The molecule has 3 rings (SSSR count). The molecule has 0 aliphatic heterocycles. The van der Waals surface area contributed by atoms with Gasteiger partial charge in [0.15, 0.2) is 12.3 Å². The summed E-state index contributed by atoms with van der Waals surface area (Å²) in [6, 6.07) is 15.2. The summed E-state index contributed by atoms with van der Waals surface area (Å²) < 4.78 is 5.26. The summed E-state index contributed by atoms with van der Waals surface area (Å²) in [7, 11) is 0. The van der Waals surface area contributed by atoms with E-state index in [1.54, 1.807) is 48.5 Å². The lowest BCUT2D eigenvalue weighted by molar-refractivity contribution is -0.127. The molecule has 10 heteroatoms. The number of carbonyl (C=O) groups is 3. The van der Waals surface area contributed by atoms with Gasteiger partial charge in [-0.3, -0.25) is 30.0 Å². The summed E-state index contributed by atoms with van der Waals surface area (Å²) >= 11 is 0. The summed E-state index contributed by atoms with van der Waals surface area (Å²) in [6.45, 7) is -0.617. The van der Waals surface area contributed by atoms with E-state index >= 15 is 0 Å². The Morgan fingerprint density at radius 3 is 2.34 bits per heavy atom. The summed E-state index contributed by atoms with van der Waals surface area (Å²) in [5, 5.41) is 8.95. The Morgan fingerprint density at radius 1 is 0.897 bits per heavy atom. The van der Waals surface area contributed by atoms with Gasteiger partial charge in [-0.15, -0.1) is 0 Å². The third-order valence-electron chi connectivity index (χ3n) is 3.79. The van der Waals surface area contributed by atoms with E-state index < -0.39 is 23.3 Å². The zero-order valence-electron chi connectivity index (χ0n) is 15.1. The quantitative estimate of drug-likeness (QED) is 0.429. The largest absolute Gasteiger partial charge is 0.484 e. The van der Waals surface area contributed by atoms with Crippen molar-refractivity contribution in [3.8, 4) is 5.75 Å². The highest BCUT2D eigenvalue weighted by molar-refractivity contribution is 6.05. The molecule has 3 aromatic rings. The molecule has 148 valence electrons. The number of aromatic amines is 1. The van der Waals surface area contributed by atoms with Crippen LogP contribution in [0.2, 0.25) is 0 Å². The third kappa shape index (κ3) is 5.16. The maximum absolute atomic E-state index is 12.3. The van der Waals surface area contributed by atoms with E-state index in [1.165, 1.54) is 0 Å². The first-order chi connectivity index (χ1) is 14.0. The van der Waals surface area contributed by atoms with Gasteiger partial charge in [-0.25, -0.2) is 5.10 Å². The van der Waals surface area contributed by atoms with Crippen LogP contribution in [0.3, 0.4) is 0 Å². The number of H-pyrrole nitrogens is 1. The van der Waals surface area contributed by atoms with Gasteiger partial charge < -0.3 is 10.1 Å². The van der Waals surface area contributed by atoms with Crippen LogP contribution in [0.5, 0.6) is 5.75 Å². The van der Waals surface area contributed by atoms with Gasteiger partial charge in [0.05, 0.1) is 11.9 Å². The van der Waals surface area contributed by atoms with Crippen molar-refractivity contribution in [2.24, 2.45) is 0 Å². The molecule has 2 aromatic carbocycles. The zero-order valence-corrected chi connectivity index (χ0v) is 15.1. The predicted molar refractivity (Wildman–Crippen MR) is 103 cm³/mol. The van der Waals surface area contributed by atoms with Gasteiger partial charge in [-0.05, 0) is 18.2 Å². The highest BCUT2D eigenvalue weighted by atomic mass is 16.5. The number of nitrogens with one attached hydrogen (secondary N) is 4. The third-order valence-corrected chi connectivity index (χ3v) is 3.79. The van der Waals surface area contributed by atoms with Crippen LogP contribution in [0, 0.1) is 0 Å². The fourth-order valence-corrected chi connectivity index (χ4v) is 2.41. The van der Waals surface area contributed by atoms with Crippen molar-refractivity contribution >= 4 is 28.5 Å². The first kappa shape index (κ1) is 19.5. The second-order valence-corrected chi connectivity index (χ2v) is 5.83. The standard InChI is InChI=1S/C19H17N5O5/c25-15(10-20-16(26)11-29-12-6-2-1-3-7-12)21-24-19(28)17-13-8-4-5-9-14(13)18(27)23-22-17/h1-9H,10-11H2,(H,20,26)(H,21,25)(H,23,27)(H,24,28). The number of hydrazine groups is 1. The van der Waals surface area contributed by atoms with Crippen LogP contribution < -0.4 is 26.5 Å². The van der Waals surface area contributed by atoms with Crippen LogP contribution >= 0.6 is 0 Å². The zero-order chi connectivity index (χ0) is 20.6. The molecule has 29 heavy (non-hydrogen) atoms. The number of para-hydroxylation sites is 1. The number of nitrogens with zero attached hydrogens (tertiary/aromatic N) is 1.